The van der Waals surface area contributed by atoms with Crippen molar-refractivity contribution < 1.29 is 18.0 Å². The van der Waals surface area contributed by atoms with E-state index in [1.54, 1.807) is 0 Å². The Bertz CT molecular complexity index is 374. The molecular formula is C8H11F3N4O. The number of likely N-dealkylation sites (N-methyl/N-ethyl adjacent to an activating group) is 1. The first-order valence-electron chi connectivity index (χ1n) is 4.36. The smallest absolute Gasteiger partial charge is 0.396 e. The maximum atomic E-state index is 12.0. The number of anilines is 1. The van der Waals surface area contributed by atoms with Gasteiger partial charge in [0.05, 0.1) is 11.9 Å². The lowest BCUT2D eigenvalue weighted by atomic mass is 10.4. The fraction of sp³-hybridized carbons (Fsp3) is 0.500. The van der Waals surface area contributed by atoms with E-state index in [1.807, 2.05) is 0 Å². The van der Waals surface area contributed by atoms with Crippen molar-refractivity contribution in [3.05, 3.63) is 12.4 Å². The summed E-state index contributed by atoms with van der Waals surface area (Å²) in [6.07, 6.45) is -1.70. The van der Waals surface area contributed by atoms with Gasteiger partial charge >= 0.3 is 6.18 Å². The first kappa shape index (κ1) is 12.3. The molecule has 1 aromatic rings. The average Bonchev–Trinajstić information content (AvgIpc) is 2.48. The molecule has 1 aromatic heterocycles. The van der Waals surface area contributed by atoms with Gasteiger partial charge < -0.3 is 10.6 Å². The van der Waals surface area contributed by atoms with Gasteiger partial charge in [-0.2, -0.15) is 18.3 Å². The number of hydrogen-bond acceptors (Lipinski definition) is 3. The topological polar surface area (TPSA) is 64.2 Å². The lowest BCUT2D eigenvalue weighted by molar-refractivity contribution is -0.158. The summed E-state index contributed by atoms with van der Waals surface area (Å²) in [5, 5.41) is 3.70. The van der Waals surface area contributed by atoms with Crippen molar-refractivity contribution in [2.45, 2.75) is 12.7 Å². The average molecular weight is 236 g/mol. The number of carbonyl (C=O) groups is 1. The quantitative estimate of drug-likeness (QED) is 0.830. The lowest BCUT2D eigenvalue weighted by Crippen LogP contribution is -2.37. The van der Waals surface area contributed by atoms with Crippen molar-refractivity contribution in [3.8, 4) is 0 Å². The van der Waals surface area contributed by atoms with Gasteiger partial charge in [-0.3, -0.25) is 9.48 Å². The highest BCUT2D eigenvalue weighted by molar-refractivity contribution is 5.75. The zero-order chi connectivity index (χ0) is 12.3. The SMILES string of the molecule is CN(CC(F)(F)F)C(=O)Cn1cc(N)cn1. The zero-order valence-corrected chi connectivity index (χ0v) is 8.53. The highest BCUT2D eigenvalue weighted by atomic mass is 19.4. The summed E-state index contributed by atoms with van der Waals surface area (Å²) in [4.78, 5) is 11.9. The monoisotopic (exact) mass is 236 g/mol. The third-order valence-electron chi connectivity index (χ3n) is 1.79. The van der Waals surface area contributed by atoms with Crippen molar-refractivity contribution in [1.29, 1.82) is 0 Å². The Morgan fingerprint density at radius 2 is 2.25 bits per heavy atom. The largest absolute Gasteiger partial charge is 0.406 e. The van der Waals surface area contributed by atoms with Gasteiger partial charge in [-0.05, 0) is 0 Å². The molecule has 0 aliphatic heterocycles. The lowest BCUT2D eigenvalue weighted by Gasteiger charge is -2.18. The fourth-order valence-electron chi connectivity index (χ4n) is 1.08. The number of hydrogen-bond donors (Lipinski definition) is 1. The van der Waals surface area contributed by atoms with Crippen LogP contribution in [0.5, 0.6) is 0 Å². The van der Waals surface area contributed by atoms with Crippen molar-refractivity contribution in [1.82, 2.24) is 14.7 Å². The predicted octanol–water partition coefficient (Wildman–Crippen LogP) is 0.486. The summed E-state index contributed by atoms with van der Waals surface area (Å²) in [6.45, 7) is -1.54. The number of amides is 1. The third-order valence-corrected chi connectivity index (χ3v) is 1.79. The maximum absolute atomic E-state index is 12.0. The third kappa shape index (κ3) is 3.79. The molecule has 0 aromatic carbocycles. The first-order chi connectivity index (χ1) is 7.28. The van der Waals surface area contributed by atoms with Gasteiger partial charge in [-0.1, -0.05) is 0 Å². The molecule has 0 fully saturated rings. The summed E-state index contributed by atoms with van der Waals surface area (Å²) in [7, 11) is 1.09. The summed E-state index contributed by atoms with van der Waals surface area (Å²) in [5.74, 6) is -0.680. The Hall–Kier alpha value is -1.73. The Kier molecular flexibility index (Phi) is 3.41. The fourth-order valence-corrected chi connectivity index (χ4v) is 1.08. The van der Waals surface area contributed by atoms with E-state index in [0.717, 1.165) is 7.05 Å². The van der Waals surface area contributed by atoms with E-state index >= 15 is 0 Å². The van der Waals surface area contributed by atoms with Crippen LogP contribution in [0.4, 0.5) is 18.9 Å². The van der Waals surface area contributed by atoms with Gasteiger partial charge in [0.15, 0.2) is 0 Å². The van der Waals surface area contributed by atoms with E-state index in [1.165, 1.54) is 17.1 Å². The molecular weight excluding hydrogens is 225 g/mol. The van der Waals surface area contributed by atoms with E-state index < -0.39 is 18.6 Å². The van der Waals surface area contributed by atoms with Gasteiger partial charge in [0.25, 0.3) is 0 Å². The number of halogens is 3. The molecule has 0 aliphatic rings. The molecule has 0 unspecified atom stereocenters. The summed E-state index contributed by atoms with van der Waals surface area (Å²) in [6, 6.07) is 0. The Balaban J connectivity index is 2.52. The van der Waals surface area contributed by atoms with Gasteiger partial charge in [0.1, 0.15) is 13.1 Å². The molecule has 90 valence electrons. The van der Waals surface area contributed by atoms with Gasteiger partial charge in [-0.15, -0.1) is 0 Å². The van der Waals surface area contributed by atoms with Crippen molar-refractivity contribution in [2.75, 3.05) is 19.3 Å². The highest BCUT2D eigenvalue weighted by Gasteiger charge is 2.31. The molecule has 0 spiro atoms. The standard InChI is InChI=1S/C8H11F3N4O/c1-14(5-8(9,10)11)7(16)4-15-3-6(12)2-13-15/h2-3H,4-5,12H2,1H3. The molecule has 1 rings (SSSR count). The predicted molar refractivity (Wildman–Crippen MR) is 50.3 cm³/mol. The van der Waals surface area contributed by atoms with E-state index in [0.29, 0.717) is 10.6 Å². The van der Waals surface area contributed by atoms with Crippen LogP contribution in [0.25, 0.3) is 0 Å². The molecule has 5 nitrogen and oxygen atoms in total. The van der Waals surface area contributed by atoms with E-state index in [9.17, 15) is 18.0 Å². The number of rotatable bonds is 3. The van der Waals surface area contributed by atoms with Crippen LogP contribution in [-0.2, 0) is 11.3 Å². The van der Waals surface area contributed by atoms with Crippen LogP contribution >= 0.6 is 0 Å². The minimum Gasteiger partial charge on any atom is -0.396 e. The number of nitrogens with zero attached hydrogens (tertiary/aromatic N) is 3. The molecule has 16 heavy (non-hydrogen) atoms. The summed E-state index contributed by atoms with van der Waals surface area (Å²) in [5.41, 5.74) is 5.70. The van der Waals surface area contributed by atoms with Crippen LogP contribution in [0.3, 0.4) is 0 Å². The normalized spacial score (nSPS) is 11.5. The Morgan fingerprint density at radius 3 is 2.69 bits per heavy atom. The number of nitrogen functional groups attached to an aromatic ring is 1. The van der Waals surface area contributed by atoms with Crippen LogP contribution in [0.15, 0.2) is 12.4 Å². The molecule has 0 atom stereocenters. The minimum absolute atomic E-state index is 0.260. The van der Waals surface area contributed by atoms with Crippen molar-refractivity contribution in [3.63, 3.8) is 0 Å². The minimum atomic E-state index is -4.40. The van der Waals surface area contributed by atoms with E-state index in [2.05, 4.69) is 5.10 Å². The van der Waals surface area contributed by atoms with Gasteiger partial charge in [0.2, 0.25) is 5.91 Å². The van der Waals surface area contributed by atoms with E-state index in [4.69, 9.17) is 5.73 Å². The number of aromatic nitrogens is 2. The molecule has 1 amide bonds. The molecule has 0 radical (unpaired) electrons. The van der Waals surface area contributed by atoms with Crippen LogP contribution < -0.4 is 5.73 Å². The van der Waals surface area contributed by atoms with Crippen LogP contribution in [0, 0.1) is 0 Å². The molecule has 0 bridgehead atoms. The number of alkyl halides is 3. The second-order valence-corrected chi connectivity index (χ2v) is 3.34. The molecule has 2 N–H and O–H groups in total. The van der Waals surface area contributed by atoms with Crippen LogP contribution in [0.2, 0.25) is 0 Å². The van der Waals surface area contributed by atoms with Crippen molar-refractivity contribution >= 4 is 11.6 Å². The zero-order valence-electron chi connectivity index (χ0n) is 8.53. The second kappa shape index (κ2) is 4.42. The molecule has 0 saturated heterocycles. The second-order valence-electron chi connectivity index (χ2n) is 3.34. The van der Waals surface area contributed by atoms with E-state index in [-0.39, 0.29) is 6.54 Å². The molecule has 1 heterocycles. The van der Waals surface area contributed by atoms with Crippen molar-refractivity contribution in [2.24, 2.45) is 0 Å². The summed E-state index contributed by atoms with van der Waals surface area (Å²) >= 11 is 0. The van der Waals surface area contributed by atoms with Gasteiger partial charge in [0, 0.05) is 13.2 Å². The summed E-state index contributed by atoms with van der Waals surface area (Å²) < 4.78 is 37.1. The Morgan fingerprint density at radius 1 is 1.62 bits per heavy atom. The number of carbonyl (C=O) groups excluding carboxylic acids is 1. The molecule has 8 heteroatoms. The first-order valence-corrected chi connectivity index (χ1v) is 4.36. The highest BCUT2D eigenvalue weighted by Crippen LogP contribution is 2.15. The maximum Gasteiger partial charge on any atom is 0.406 e. The number of nitrogens with two attached hydrogens (primary N) is 1. The van der Waals surface area contributed by atoms with Crippen LogP contribution in [0.1, 0.15) is 0 Å². The van der Waals surface area contributed by atoms with Gasteiger partial charge in [-0.25, -0.2) is 0 Å². The molecule has 0 saturated carbocycles. The van der Waals surface area contributed by atoms with Crippen LogP contribution in [-0.4, -0.2) is 40.4 Å². The molecule has 0 aliphatic carbocycles. The Labute approximate surface area is 89.6 Å².